The molecule has 2 aliphatic heterocycles. The number of aromatic nitrogens is 1. The molecule has 3 heterocycles. The van der Waals surface area contributed by atoms with Gasteiger partial charge in [-0.15, -0.1) is 0 Å². The van der Waals surface area contributed by atoms with E-state index in [2.05, 4.69) is 10.3 Å². The summed E-state index contributed by atoms with van der Waals surface area (Å²) >= 11 is 1.38. The first-order chi connectivity index (χ1) is 18.2. The summed E-state index contributed by atoms with van der Waals surface area (Å²) in [5.74, 6) is 0.571. The van der Waals surface area contributed by atoms with Gasteiger partial charge in [-0.3, -0.25) is 9.59 Å². The minimum atomic E-state index is -3.70. The highest BCUT2D eigenvalue weighted by Gasteiger charge is 2.40. The Bertz CT molecular complexity index is 1520. The van der Waals surface area contributed by atoms with E-state index in [1.54, 1.807) is 25.3 Å². The summed E-state index contributed by atoms with van der Waals surface area (Å²) in [6.07, 6.45) is 3.41. The molecular weight excluding hydrogens is 524 g/mol. The fourth-order valence-corrected chi connectivity index (χ4v) is 7.85. The molecule has 2 amide bonds. The third-order valence-corrected chi connectivity index (χ3v) is 10.5. The summed E-state index contributed by atoms with van der Waals surface area (Å²) in [5.41, 5.74) is 2.52. The number of nitrogens with one attached hydrogen (secondary N) is 1. The molecule has 1 atom stereocenters. The lowest BCUT2D eigenvalue weighted by atomic mass is 9.97. The lowest BCUT2D eigenvalue weighted by Gasteiger charge is -2.30. The largest absolute Gasteiger partial charge is 0.497 e. The zero-order valence-corrected chi connectivity index (χ0v) is 23.0. The van der Waals surface area contributed by atoms with Crippen molar-refractivity contribution in [2.45, 2.75) is 50.0 Å². The van der Waals surface area contributed by atoms with Crippen molar-refractivity contribution in [1.82, 2.24) is 9.29 Å². The summed E-state index contributed by atoms with van der Waals surface area (Å²) in [6, 6.07) is 10.7. The van der Waals surface area contributed by atoms with Gasteiger partial charge >= 0.3 is 0 Å². The Kier molecular flexibility index (Phi) is 6.40. The average Bonchev–Trinajstić information content (AvgIpc) is 3.61. The number of amides is 2. The second-order valence-electron chi connectivity index (χ2n) is 10.3. The van der Waals surface area contributed by atoms with E-state index in [1.165, 1.54) is 15.6 Å². The van der Waals surface area contributed by atoms with Gasteiger partial charge in [-0.05, 0) is 81.0 Å². The van der Waals surface area contributed by atoms with Gasteiger partial charge in [0.05, 0.1) is 22.2 Å². The summed E-state index contributed by atoms with van der Waals surface area (Å²) < 4.78 is 34.5. The molecule has 3 aliphatic rings. The molecule has 2 aromatic carbocycles. The number of fused-ring (bicyclic) bond motifs is 2. The van der Waals surface area contributed by atoms with Gasteiger partial charge in [-0.2, -0.15) is 4.31 Å². The van der Waals surface area contributed by atoms with Gasteiger partial charge in [0.2, 0.25) is 21.8 Å². The lowest BCUT2D eigenvalue weighted by Crippen LogP contribution is -2.41. The minimum absolute atomic E-state index is 0.0303. The highest BCUT2D eigenvalue weighted by Crippen LogP contribution is 2.40. The zero-order chi connectivity index (χ0) is 26.6. The Balaban J connectivity index is 1.10. The van der Waals surface area contributed by atoms with Gasteiger partial charge < -0.3 is 15.0 Å². The number of sulfonamides is 1. The van der Waals surface area contributed by atoms with E-state index in [-0.39, 0.29) is 47.7 Å². The Labute approximate surface area is 225 Å². The molecule has 0 radical (unpaired) electrons. The molecular formula is C27H30N4O5S2. The number of nitrogens with zero attached hydrogens (tertiary/aromatic N) is 3. The molecule has 1 N–H and O–H groups in total. The molecule has 6 rings (SSSR count). The number of methoxy groups -OCH3 is 1. The van der Waals surface area contributed by atoms with Crippen molar-refractivity contribution in [2.75, 3.05) is 30.4 Å². The van der Waals surface area contributed by atoms with E-state index in [0.29, 0.717) is 24.4 Å². The number of thiazole rings is 1. The molecule has 9 nitrogen and oxygen atoms in total. The highest BCUT2D eigenvalue weighted by molar-refractivity contribution is 7.89. The SMILES string of the molecule is COc1ccc2nc(NC(=O)C3CCN(S(=O)(=O)c4ccc5c(c4)C[C@@H](C)N5C(=O)C4CC4)CC3)sc2c1. The number of hydrogen-bond acceptors (Lipinski definition) is 7. The molecule has 1 aliphatic carbocycles. The number of hydrogen-bond donors (Lipinski definition) is 1. The first kappa shape index (κ1) is 25.3. The Hall–Kier alpha value is -3.02. The van der Waals surface area contributed by atoms with E-state index < -0.39 is 10.0 Å². The summed E-state index contributed by atoms with van der Waals surface area (Å²) in [5, 5.41) is 3.43. The van der Waals surface area contributed by atoms with Gasteiger partial charge in [0.15, 0.2) is 5.13 Å². The first-order valence-corrected chi connectivity index (χ1v) is 15.2. The van der Waals surface area contributed by atoms with Crippen molar-refractivity contribution < 1.29 is 22.7 Å². The number of carbonyl (C=O) groups excluding carboxylic acids is 2. The fraction of sp³-hybridized carbons (Fsp3) is 0.444. The van der Waals surface area contributed by atoms with E-state index in [1.807, 2.05) is 30.0 Å². The molecule has 200 valence electrons. The Morgan fingerprint density at radius 2 is 1.82 bits per heavy atom. The molecule has 1 saturated heterocycles. The van der Waals surface area contributed by atoms with Crippen LogP contribution in [0.3, 0.4) is 0 Å². The quantitative estimate of drug-likeness (QED) is 0.493. The number of rotatable bonds is 6. The van der Waals surface area contributed by atoms with Crippen molar-refractivity contribution >= 4 is 54.2 Å². The molecule has 0 bridgehead atoms. The predicted molar refractivity (Wildman–Crippen MR) is 146 cm³/mol. The number of anilines is 2. The van der Waals surface area contributed by atoms with Crippen molar-refractivity contribution in [3.63, 3.8) is 0 Å². The van der Waals surface area contributed by atoms with Crippen LogP contribution in [0.5, 0.6) is 5.75 Å². The molecule has 1 aromatic heterocycles. The van der Waals surface area contributed by atoms with Gasteiger partial charge in [0, 0.05) is 36.7 Å². The molecule has 0 spiro atoms. The summed E-state index contributed by atoms with van der Waals surface area (Å²) in [7, 11) is -2.09. The van der Waals surface area contributed by atoms with Crippen LogP contribution in [0.4, 0.5) is 10.8 Å². The number of piperidine rings is 1. The maximum Gasteiger partial charge on any atom is 0.243 e. The third kappa shape index (κ3) is 4.56. The van der Waals surface area contributed by atoms with Gasteiger partial charge in [-0.25, -0.2) is 13.4 Å². The fourth-order valence-electron chi connectivity index (χ4n) is 5.43. The van der Waals surface area contributed by atoms with Crippen LogP contribution in [0.15, 0.2) is 41.3 Å². The van der Waals surface area contributed by atoms with E-state index in [0.717, 1.165) is 40.1 Å². The highest BCUT2D eigenvalue weighted by atomic mass is 32.2. The number of ether oxygens (including phenoxy) is 1. The standard InChI is InChI=1S/C27H30N4O5S2/c1-16-13-19-14-21(6-8-23(19)31(16)26(33)18-3-4-18)38(34,35)30-11-9-17(10-12-30)25(32)29-27-28-22-7-5-20(36-2)15-24(22)37-27/h5-8,14-18H,3-4,9-13H2,1-2H3,(H,28,29,32)/t16-/m1/s1. The molecule has 11 heteroatoms. The average molecular weight is 555 g/mol. The van der Waals surface area contributed by atoms with Crippen LogP contribution in [-0.2, 0) is 26.0 Å². The Morgan fingerprint density at radius 1 is 1.05 bits per heavy atom. The smallest absolute Gasteiger partial charge is 0.243 e. The first-order valence-electron chi connectivity index (χ1n) is 13.0. The van der Waals surface area contributed by atoms with Gasteiger partial charge in [0.1, 0.15) is 5.75 Å². The van der Waals surface area contributed by atoms with Crippen molar-refractivity contribution in [2.24, 2.45) is 11.8 Å². The third-order valence-electron chi connectivity index (χ3n) is 7.72. The van der Waals surface area contributed by atoms with Crippen LogP contribution in [0.1, 0.15) is 38.2 Å². The number of benzene rings is 2. The van der Waals surface area contributed by atoms with Gasteiger partial charge in [0.25, 0.3) is 0 Å². The minimum Gasteiger partial charge on any atom is -0.497 e. The summed E-state index contributed by atoms with van der Waals surface area (Å²) in [6.45, 7) is 2.56. The van der Waals surface area contributed by atoms with Crippen molar-refractivity contribution in [1.29, 1.82) is 0 Å². The van der Waals surface area contributed by atoms with Crippen LogP contribution >= 0.6 is 11.3 Å². The predicted octanol–water partition coefficient (Wildman–Crippen LogP) is 4.03. The number of carbonyl (C=O) groups is 2. The monoisotopic (exact) mass is 554 g/mol. The normalized spacial score (nSPS) is 20.5. The second-order valence-corrected chi connectivity index (χ2v) is 13.3. The molecule has 3 aromatic rings. The molecule has 38 heavy (non-hydrogen) atoms. The van der Waals surface area contributed by atoms with E-state index >= 15 is 0 Å². The van der Waals surface area contributed by atoms with Crippen LogP contribution in [0.25, 0.3) is 10.2 Å². The molecule has 1 saturated carbocycles. The Morgan fingerprint density at radius 3 is 2.53 bits per heavy atom. The van der Waals surface area contributed by atoms with Crippen LogP contribution in [-0.4, -0.2) is 55.8 Å². The second kappa shape index (κ2) is 9.62. The van der Waals surface area contributed by atoms with E-state index in [9.17, 15) is 18.0 Å². The summed E-state index contributed by atoms with van der Waals surface area (Å²) in [4.78, 5) is 32.2. The van der Waals surface area contributed by atoms with Crippen molar-refractivity contribution in [3.05, 3.63) is 42.0 Å². The maximum atomic E-state index is 13.4. The van der Waals surface area contributed by atoms with Gasteiger partial charge in [-0.1, -0.05) is 11.3 Å². The van der Waals surface area contributed by atoms with Crippen LogP contribution in [0.2, 0.25) is 0 Å². The van der Waals surface area contributed by atoms with Crippen LogP contribution < -0.4 is 15.0 Å². The van der Waals surface area contributed by atoms with E-state index in [4.69, 9.17) is 4.74 Å². The molecule has 2 fully saturated rings. The molecule has 0 unspecified atom stereocenters. The van der Waals surface area contributed by atoms with Crippen molar-refractivity contribution in [3.8, 4) is 5.75 Å². The van der Waals surface area contributed by atoms with Crippen LogP contribution in [0, 0.1) is 11.8 Å². The topological polar surface area (TPSA) is 109 Å². The lowest BCUT2D eigenvalue weighted by molar-refractivity contribution is -0.121. The zero-order valence-electron chi connectivity index (χ0n) is 21.3. The maximum absolute atomic E-state index is 13.4.